The molecule has 1 unspecified atom stereocenters. The summed E-state index contributed by atoms with van der Waals surface area (Å²) in [6.07, 6.45) is 3.64. The Bertz CT molecular complexity index is 370. The van der Waals surface area contributed by atoms with E-state index in [0.717, 1.165) is 18.6 Å². The van der Waals surface area contributed by atoms with E-state index in [-0.39, 0.29) is 5.82 Å². The molecule has 1 atom stereocenters. The van der Waals surface area contributed by atoms with Crippen molar-refractivity contribution in [3.05, 3.63) is 20.8 Å². The zero-order chi connectivity index (χ0) is 12.1. The second-order valence-corrected chi connectivity index (χ2v) is 5.03. The van der Waals surface area contributed by atoms with Crippen LogP contribution in [0.15, 0.2) is 10.7 Å². The third-order valence-electron chi connectivity index (χ3n) is 2.34. The molecule has 1 aromatic heterocycles. The van der Waals surface area contributed by atoms with Crippen LogP contribution in [0, 0.1) is 16.0 Å². The maximum Gasteiger partial charge on any atom is 0.404 e. The third-order valence-corrected chi connectivity index (χ3v) is 3.16. The number of nitrogens with zero attached hydrogens (tertiary/aromatic N) is 3. The molecule has 0 aliphatic rings. The van der Waals surface area contributed by atoms with Gasteiger partial charge in [-0.05, 0) is 45.4 Å². The van der Waals surface area contributed by atoms with Gasteiger partial charge in [-0.2, -0.15) is 17.3 Å². The van der Waals surface area contributed by atoms with Gasteiger partial charge in [-0.3, -0.25) is 0 Å². The lowest BCUT2D eigenvalue weighted by molar-refractivity contribution is -0.390. The van der Waals surface area contributed by atoms with Crippen molar-refractivity contribution in [1.29, 1.82) is 0 Å². The maximum absolute atomic E-state index is 10.6. The van der Waals surface area contributed by atoms with E-state index in [4.69, 9.17) is 0 Å². The molecule has 0 amide bonds. The van der Waals surface area contributed by atoms with Crippen LogP contribution in [0.4, 0.5) is 5.82 Å². The number of hydrogen-bond acceptors (Lipinski definition) is 4. The molecular formula is C9H14BrN3O2S. The summed E-state index contributed by atoms with van der Waals surface area (Å²) < 4.78 is 2.04. The monoisotopic (exact) mass is 307 g/mol. The highest BCUT2D eigenvalue weighted by Crippen LogP contribution is 2.22. The van der Waals surface area contributed by atoms with Crippen molar-refractivity contribution < 1.29 is 4.92 Å². The molecule has 0 saturated heterocycles. The molecule has 0 aliphatic heterocycles. The van der Waals surface area contributed by atoms with Gasteiger partial charge in [0.1, 0.15) is 4.47 Å². The van der Waals surface area contributed by atoms with Crippen molar-refractivity contribution in [1.82, 2.24) is 9.78 Å². The van der Waals surface area contributed by atoms with Crippen molar-refractivity contribution in [3.63, 3.8) is 0 Å². The van der Waals surface area contributed by atoms with E-state index in [9.17, 15) is 10.1 Å². The summed E-state index contributed by atoms with van der Waals surface area (Å²) in [6.45, 7) is 2.84. The fourth-order valence-corrected chi connectivity index (χ4v) is 2.24. The fourth-order valence-electron chi connectivity index (χ4n) is 1.34. The van der Waals surface area contributed by atoms with Crippen LogP contribution in [0.3, 0.4) is 0 Å². The van der Waals surface area contributed by atoms with Crippen LogP contribution in [-0.2, 0) is 6.54 Å². The van der Waals surface area contributed by atoms with Crippen LogP contribution in [0.2, 0.25) is 0 Å². The number of rotatable bonds is 6. The second-order valence-electron chi connectivity index (χ2n) is 3.73. The van der Waals surface area contributed by atoms with Gasteiger partial charge in [0.2, 0.25) is 0 Å². The lowest BCUT2D eigenvalue weighted by Gasteiger charge is -2.07. The topological polar surface area (TPSA) is 61.0 Å². The highest BCUT2D eigenvalue weighted by Gasteiger charge is 2.18. The number of aromatic nitrogens is 2. The average molecular weight is 308 g/mol. The quantitative estimate of drug-likeness (QED) is 0.499. The first kappa shape index (κ1) is 13.5. The zero-order valence-electron chi connectivity index (χ0n) is 8.97. The smallest absolute Gasteiger partial charge is 0.358 e. The van der Waals surface area contributed by atoms with Crippen LogP contribution in [0.25, 0.3) is 0 Å². The van der Waals surface area contributed by atoms with Gasteiger partial charge in [-0.25, -0.2) is 0 Å². The summed E-state index contributed by atoms with van der Waals surface area (Å²) in [5.74, 6) is 1.30. The summed E-state index contributed by atoms with van der Waals surface area (Å²) in [7, 11) is 0. The standard InChI is InChI=1S/C9H14BrN3O2S/c1-7(3-5-16)2-4-12-6-8(10)9(11-12)13(14)15/h6-7,16H,2-5H2,1H3. The van der Waals surface area contributed by atoms with Gasteiger partial charge < -0.3 is 10.1 Å². The van der Waals surface area contributed by atoms with E-state index in [1.165, 1.54) is 0 Å². The van der Waals surface area contributed by atoms with Crippen LogP contribution in [-0.4, -0.2) is 20.5 Å². The highest BCUT2D eigenvalue weighted by atomic mass is 79.9. The van der Waals surface area contributed by atoms with E-state index >= 15 is 0 Å². The number of halogens is 1. The SMILES string of the molecule is CC(CCS)CCn1cc(Br)c([N+](=O)[O-])n1. The van der Waals surface area contributed by atoms with Gasteiger partial charge in [0, 0.05) is 0 Å². The molecule has 0 aliphatic carbocycles. The maximum atomic E-state index is 10.6. The Balaban J connectivity index is 2.55. The first-order valence-electron chi connectivity index (χ1n) is 5.02. The molecule has 0 radical (unpaired) electrons. The number of nitro groups is 1. The lowest BCUT2D eigenvalue weighted by atomic mass is 10.1. The molecule has 1 rings (SSSR count). The molecule has 5 nitrogen and oxygen atoms in total. The van der Waals surface area contributed by atoms with E-state index in [2.05, 4.69) is 40.6 Å². The molecule has 0 spiro atoms. The lowest BCUT2D eigenvalue weighted by Crippen LogP contribution is -2.05. The third kappa shape index (κ3) is 3.79. The summed E-state index contributed by atoms with van der Waals surface area (Å²) in [5.41, 5.74) is 0. The Morgan fingerprint density at radius 2 is 2.38 bits per heavy atom. The van der Waals surface area contributed by atoms with Crippen LogP contribution in [0.5, 0.6) is 0 Å². The largest absolute Gasteiger partial charge is 0.404 e. The molecule has 0 N–H and O–H groups in total. The predicted molar refractivity (Wildman–Crippen MR) is 68.8 cm³/mol. The Hall–Kier alpha value is -0.560. The fraction of sp³-hybridized carbons (Fsp3) is 0.667. The van der Waals surface area contributed by atoms with E-state index in [1.54, 1.807) is 10.9 Å². The summed E-state index contributed by atoms with van der Waals surface area (Å²) in [6, 6.07) is 0. The molecule has 1 heterocycles. The van der Waals surface area contributed by atoms with Gasteiger partial charge in [0.15, 0.2) is 0 Å². The molecule has 1 aromatic rings. The number of hydrogen-bond donors (Lipinski definition) is 1. The molecule has 0 fully saturated rings. The predicted octanol–water partition coefficient (Wildman–Crippen LogP) is 2.90. The number of thiol groups is 1. The average Bonchev–Trinajstić information content (AvgIpc) is 2.57. The van der Waals surface area contributed by atoms with Crippen molar-refractivity contribution in [3.8, 4) is 0 Å². The van der Waals surface area contributed by atoms with Gasteiger partial charge in [0.05, 0.1) is 17.8 Å². The van der Waals surface area contributed by atoms with E-state index in [0.29, 0.717) is 16.9 Å². The van der Waals surface area contributed by atoms with E-state index in [1.807, 2.05) is 0 Å². The molecule has 16 heavy (non-hydrogen) atoms. The molecule has 0 bridgehead atoms. The first-order valence-corrected chi connectivity index (χ1v) is 6.45. The molecule has 90 valence electrons. The first-order chi connectivity index (χ1) is 7.54. The van der Waals surface area contributed by atoms with Crippen molar-refractivity contribution in [2.45, 2.75) is 26.3 Å². The van der Waals surface area contributed by atoms with Crippen LogP contribution < -0.4 is 0 Å². The minimum Gasteiger partial charge on any atom is -0.358 e. The second kappa shape index (κ2) is 6.24. The molecule has 7 heteroatoms. The van der Waals surface area contributed by atoms with Crippen molar-refractivity contribution >= 4 is 34.4 Å². The highest BCUT2D eigenvalue weighted by molar-refractivity contribution is 9.10. The normalized spacial score (nSPS) is 12.7. The Labute approximate surface area is 108 Å². The van der Waals surface area contributed by atoms with Gasteiger partial charge in [0.25, 0.3) is 0 Å². The van der Waals surface area contributed by atoms with E-state index < -0.39 is 4.92 Å². The minimum atomic E-state index is -0.488. The Kier molecular flexibility index (Phi) is 5.27. The Morgan fingerprint density at radius 3 is 2.88 bits per heavy atom. The minimum absolute atomic E-state index is 0.123. The van der Waals surface area contributed by atoms with Crippen LogP contribution >= 0.6 is 28.6 Å². The molecular weight excluding hydrogens is 294 g/mol. The number of aryl methyl sites for hydroxylation is 1. The van der Waals surface area contributed by atoms with Gasteiger partial charge in [-0.15, -0.1) is 0 Å². The van der Waals surface area contributed by atoms with Crippen molar-refractivity contribution in [2.75, 3.05) is 5.75 Å². The molecule has 0 aromatic carbocycles. The summed E-state index contributed by atoms with van der Waals surface area (Å²) in [4.78, 5) is 10.1. The van der Waals surface area contributed by atoms with Crippen molar-refractivity contribution in [2.24, 2.45) is 5.92 Å². The van der Waals surface area contributed by atoms with Gasteiger partial charge >= 0.3 is 5.82 Å². The summed E-state index contributed by atoms with van der Waals surface area (Å²) >= 11 is 7.29. The summed E-state index contributed by atoms with van der Waals surface area (Å²) in [5, 5.41) is 14.5. The van der Waals surface area contributed by atoms with Crippen LogP contribution in [0.1, 0.15) is 19.8 Å². The zero-order valence-corrected chi connectivity index (χ0v) is 11.4. The molecule has 0 saturated carbocycles. The van der Waals surface area contributed by atoms with Gasteiger partial charge in [-0.1, -0.05) is 6.92 Å². The Morgan fingerprint density at radius 1 is 1.69 bits per heavy atom.